The van der Waals surface area contributed by atoms with Crippen LogP contribution in [0.25, 0.3) is 0 Å². The number of carbonyl (C=O) groups excluding carboxylic acids is 1. The summed E-state index contributed by atoms with van der Waals surface area (Å²) in [6.07, 6.45) is 5.19. The van der Waals surface area contributed by atoms with E-state index in [9.17, 15) is 4.79 Å². The lowest BCUT2D eigenvalue weighted by atomic mass is 9.91. The average molecular weight is 241 g/mol. The fourth-order valence-corrected chi connectivity index (χ4v) is 2.43. The Bertz CT molecular complexity index is 235. The third-order valence-corrected chi connectivity index (χ3v) is 3.32. The van der Waals surface area contributed by atoms with E-state index in [2.05, 4.69) is 12.2 Å². The van der Waals surface area contributed by atoms with Crippen LogP contribution in [0.3, 0.4) is 0 Å². The quantitative estimate of drug-likeness (QED) is 0.791. The van der Waals surface area contributed by atoms with Gasteiger partial charge in [0, 0.05) is 24.7 Å². The summed E-state index contributed by atoms with van der Waals surface area (Å²) >= 11 is 0. The van der Waals surface area contributed by atoms with Gasteiger partial charge in [0.2, 0.25) is 0 Å². The highest BCUT2D eigenvalue weighted by Crippen LogP contribution is 2.22. The highest BCUT2D eigenvalue weighted by molar-refractivity contribution is 5.74. The van der Waals surface area contributed by atoms with Crippen LogP contribution in [0.1, 0.15) is 52.9 Å². The smallest absolute Gasteiger partial charge is 0.317 e. The third kappa shape index (κ3) is 4.54. The maximum Gasteiger partial charge on any atom is 0.317 e. The van der Waals surface area contributed by atoms with Gasteiger partial charge in [-0.2, -0.15) is 0 Å². The summed E-state index contributed by atoms with van der Waals surface area (Å²) in [6, 6.07) is 1.01. The summed E-state index contributed by atoms with van der Waals surface area (Å²) < 4.78 is 0. The molecular formula is C13H27N3O. The lowest BCUT2D eigenvalue weighted by Crippen LogP contribution is -2.50. The Morgan fingerprint density at radius 3 is 2.41 bits per heavy atom. The maximum absolute atomic E-state index is 12.1. The lowest BCUT2D eigenvalue weighted by Gasteiger charge is -2.36. The minimum Gasteiger partial charge on any atom is -0.336 e. The van der Waals surface area contributed by atoms with Gasteiger partial charge < -0.3 is 16.0 Å². The molecule has 1 saturated carbocycles. The van der Waals surface area contributed by atoms with Crippen molar-refractivity contribution in [3.63, 3.8) is 0 Å². The maximum atomic E-state index is 12.1. The van der Waals surface area contributed by atoms with Crippen LogP contribution in [-0.4, -0.2) is 35.6 Å². The second-order valence-corrected chi connectivity index (χ2v) is 5.37. The molecule has 0 bridgehead atoms. The van der Waals surface area contributed by atoms with Crippen LogP contribution in [-0.2, 0) is 0 Å². The molecule has 0 aromatic carbocycles. The fraction of sp³-hybridized carbons (Fsp3) is 0.923. The molecule has 1 fully saturated rings. The van der Waals surface area contributed by atoms with Gasteiger partial charge >= 0.3 is 6.03 Å². The van der Waals surface area contributed by atoms with Crippen LogP contribution in [0.4, 0.5) is 4.79 Å². The molecule has 1 aliphatic rings. The summed E-state index contributed by atoms with van der Waals surface area (Å²) in [4.78, 5) is 14.1. The minimum atomic E-state index is 0.0855. The van der Waals surface area contributed by atoms with Crippen LogP contribution in [0.5, 0.6) is 0 Å². The number of nitrogens with two attached hydrogens (primary N) is 1. The number of rotatable bonds is 4. The highest BCUT2D eigenvalue weighted by atomic mass is 16.2. The summed E-state index contributed by atoms with van der Waals surface area (Å²) in [5, 5.41) is 2.99. The van der Waals surface area contributed by atoms with Crippen molar-refractivity contribution in [2.45, 2.75) is 71.0 Å². The van der Waals surface area contributed by atoms with E-state index in [0.717, 1.165) is 38.6 Å². The van der Waals surface area contributed by atoms with Crippen molar-refractivity contribution in [1.29, 1.82) is 0 Å². The molecule has 0 heterocycles. The normalized spacial score (nSPS) is 24.8. The molecule has 1 rings (SSSR count). The third-order valence-electron chi connectivity index (χ3n) is 3.32. The van der Waals surface area contributed by atoms with Crippen molar-refractivity contribution in [2.24, 2.45) is 5.73 Å². The SMILES string of the molecule is CCCN(C(=O)NC(C)C)C1CCC(N)CC1. The van der Waals surface area contributed by atoms with E-state index in [1.54, 1.807) is 0 Å². The van der Waals surface area contributed by atoms with E-state index < -0.39 is 0 Å². The Hall–Kier alpha value is -0.770. The molecule has 3 N–H and O–H groups in total. The van der Waals surface area contributed by atoms with Crippen LogP contribution < -0.4 is 11.1 Å². The fourth-order valence-electron chi connectivity index (χ4n) is 2.43. The van der Waals surface area contributed by atoms with Gasteiger partial charge in [-0.1, -0.05) is 6.92 Å². The highest BCUT2D eigenvalue weighted by Gasteiger charge is 2.27. The predicted octanol–water partition coefficient (Wildman–Crippen LogP) is 2.09. The van der Waals surface area contributed by atoms with Gasteiger partial charge in [-0.15, -0.1) is 0 Å². The van der Waals surface area contributed by atoms with Crippen molar-refractivity contribution in [3.8, 4) is 0 Å². The first kappa shape index (κ1) is 14.3. The number of nitrogens with zero attached hydrogens (tertiary/aromatic N) is 1. The van der Waals surface area contributed by atoms with Gasteiger partial charge in [0.05, 0.1) is 0 Å². The molecule has 0 aliphatic heterocycles. The van der Waals surface area contributed by atoms with Crippen molar-refractivity contribution in [3.05, 3.63) is 0 Å². The van der Waals surface area contributed by atoms with Crippen LogP contribution >= 0.6 is 0 Å². The first-order valence-electron chi connectivity index (χ1n) is 6.87. The second-order valence-electron chi connectivity index (χ2n) is 5.37. The van der Waals surface area contributed by atoms with Gasteiger partial charge in [0.25, 0.3) is 0 Å². The Balaban J connectivity index is 2.55. The second kappa shape index (κ2) is 6.84. The number of hydrogen-bond donors (Lipinski definition) is 2. The van der Waals surface area contributed by atoms with E-state index in [4.69, 9.17) is 5.73 Å². The van der Waals surface area contributed by atoms with E-state index in [1.807, 2.05) is 18.7 Å². The van der Waals surface area contributed by atoms with Gasteiger partial charge in [-0.3, -0.25) is 0 Å². The first-order chi connectivity index (χ1) is 8.04. The zero-order valence-corrected chi connectivity index (χ0v) is 11.4. The van der Waals surface area contributed by atoms with E-state index >= 15 is 0 Å². The van der Waals surface area contributed by atoms with Crippen LogP contribution in [0, 0.1) is 0 Å². The van der Waals surface area contributed by atoms with Gasteiger partial charge in [0.15, 0.2) is 0 Å². The zero-order chi connectivity index (χ0) is 12.8. The van der Waals surface area contributed by atoms with E-state index in [1.165, 1.54) is 0 Å². The topological polar surface area (TPSA) is 58.4 Å². The van der Waals surface area contributed by atoms with Gasteiger partial charge in [-0.05, 0) is 46.0 Å². The van der Waals surface area contributed by atoms with Gasteiger partial charge in [0.1, 0.15) is 0 Å². The number of urea groups is 1. The Morgan fingerprint density at radius 1 is 1.35 bits per heavy atom. The molecule has 0 unspecified atom stereocenters. The van der Waals surface area contributed by atoms with Crippen molar-refractivity contribution < 1.29 is 4.79 Å². The number of hydrogen-bond acceptors (Lipinski definition) is 2. The van der Waals surface area contributed by atoms with Crippen LogP contribution in [0.15, 0.2) is 0 Å². The first-order valence-corrected chi connectivity index (χ1v) is 6.87. The molecule has 4 heteroatoms. The summed E-state index contributed by atoms with van der Waals surface area (Å²) in [5.74, 6) is 0. The Morgan fingerprint density at radius 2 is 1.94 bits per heavy atom. The molecule has 1 aliphatic carbocycles. The summed E-state index contributed by atoms with van der Waals surface area (Å²) in [5.41, 5.74) is 5.91. The Kier molecular flexibility index (Phi) is 5.75. The minimum absolute atomic E-state index is 0.0855. The summed E-state index contributed by atoms with van der Waals surface area (Å²) in [7, 11) is 0. The molecule has 100 valence electrons. The Labute approximate surface area is 105 Å². The molecule has 4 nitrogen and oxygen atoms in total. The monoisotopic (exact) mass is 241 g/mol. The van der Waals surface area contributed by atoms with E-state index in [-0.39, 0.29) is 12.1 Å². The van der Waals surface area contributed by atoms with E-state index in [0.29, 0.717) is 12.1 Å². The number of carbonyl (C=O) groups is 1. The molecule has 0 atom stereocenters. The molecule has 0 radical (unpaired) electrons. The predicted molar refractivity (Wildman–Crippen MR) is 70.9 cm³/mol. The molecule has 0 spiro atoms. The molecule has 0 saturated heterocycles. The number of nitrogens with one attached hydrogen (secondary N) is 1. The zero-order valence-electron chi connectivity index (χ0n) is 11.4. The van der Waals surface area contributed by atoms with Crippen LogP contribution in [0.2, 0.25) is 0 Å². The average Bonchev–Trinajstić information content (AvgIpc) is 2.26. The molecular weight excluding hydrogens is 214 g/mol. The largest absolute Gasteiger partial charge is 0.336 e. The molecule has 0 aromatic rings. The molecule has 0 aromatic heterocycles. The lowest BCUT2D eigenvalue weighted by molar-refractivity contribution is 0.150. The van der Waals surface area contributed by atoms with Gasteiger partial charge in [-0.25, -0.2) is 4.79 Å². The summed E-state index contributed by atoms with van der Waals surface area (Å²) in [6.45, 7) is 6.96. The van der Waals surface area contributed by atoms with Crippen molar-refractivity contribution >= 4 is 6.03 Å². The molecule has 17 heavy (non-hydrogen) atoms. The standard InChI is InChI=1S/C13H27N3O/c1-4-9-16(13(17)15-10(2)3)12-7-5-11(14)6-8-12/h10-12H,4-9,14H2,1-3H3,(H,15,17). The molecule has 2 amide bonds. The number of amides is 2. The van der Waals surface area contributed by atoms with Crippen molar-refractivity contribution in [2.75, 3.05) is 6.54 Å². The van der Waals surface area contributed by atoms with Crippen molar-refractivity contribution in [1.82, 2.24) is 10.2 Å².